The second-order valence-electron chi connectivity index (χ2n) is 6.10. The zero-order valence-electron chi connectivity index (χ0n) is 14.4. The van der Waals surface area contributed by atoms with E-state index in [2.05, 4.69) is 25.2 Å². The lowest BCUT2D eigenvalue weighted by Gasteiger charge is -2.32. The highest BCUT2D eigenvalue weighted by molar-refractivity contribution is 5.85. The first kappa shape index (κ1) is 19.8. The van der Waals surface area contributed by atoms with Crippen molar-refractivity contribution >= 4 is 18.3 Å². The number of nitrogens with one attached hydrogen (secondary N) is 1. The largest absolute Gasteiger partial charge is 0.483 e. The van der Waals surface area contributed by atoms with Crippen LogP contribution in [0.3, 0.4) is 0 Å². The van der Waals surface area contributed by atoms with Crippen molar-refractivity contribution in [1.29, 1.82) is 0 Å². The number of rotatable bonds is 6. The van der Waals surface area contributed by atoms with Crippen LogP contribution in [0.25, 0.3) is 0 Å². The summed E-state index contributed by atoms with van der Waals surface area (Å²) in [5, 5.41) is 3.26. The summed E-state index contributed by atoms with van der Waals surface area (Å²) in [5.41, 5.74) is 1.18. The molecule has 0 spiro atoms. The highest BCUT2D eigenvalue weighted by Crippen LogP contribution is 2.28. The van der Waals surface area contributed by atoms with Crippen molar-refractivity contribution < 1.29 is 9.53 Å². The Kier molecular flexibility index (Phi) is 8.42. The van der Waals surface area contributed by atoms with E-state index in [-0.39, 0.29) is 24.9 Å². The first-order valence-electron chi connectivity index (χ1n) is 8.32. The second-order valence-corrected chi connectivity index (χ2v) is 6.10. The summed E-state index contributed by atoms with van der Waals surface area (Å²) in [6.45, 7) is 6.10. The van der Waals surface area contributed by atoms with E-state index in [1.165, 1.54) is 5.56 Å². The Hall–Kier alpha value is -1.26. The van der Waals surface area contributed by atoms with Gasteiger partial charge in [-0.25, -0.2) is 0 Å². The Morgan fingerprint density at radius 3 is 2.87 bits per heavy atom. The van der Waals surface area contributed by atoms with Gasteiger partial charge in [0.15, 0.2) is 6.61 Å². The Morgan fingerprint density at radius 1 is 1.43 bits per heavy atom. The minimum absolute atomic E-state index is 0. The summed E-state index contributed by atoms with van der Waals surface area (Å²) >= 11 is 0. The van der Waals surface area contributed by atoms with Crippen LogP contribution in [0.15, 0.2) is 24.3 Å². The lowest BCUT2D eigenvalue weighted by Crippen LogP contribution is -2.48. The number of likely N-dealkylation sites (tertiary alicyclic amines) is 1. The molecule has 0 aliphatic carbocycles. The third kappa shape index (κ3) is 5.40. The summed E-state index contributed by atoms with van der Waals surface area (Å²) in [6, 6.07) is 8.44. The number of carbonyl (C=O) groups excluding carboxylic acids is 1. The molecule has 0 bridgehead atoms. The van der Waals surface area contributed by atoms with E-state index in [0.717, 1.165) is 38.1 Å². The maximum atomic E-state index is 12.4. The van der Waals surface area contributed by atoms with Gasteiger partial charge in [0.1, 0.15) is 5.75 Å². The summed E-state index contributed by atoms with van der Waals surface area (Å²) in [7, 11) is 1.96. The first-order chi connectivity index (χ1) is 10.7. The Morgan fingerprint density at radius 2 is 2.17 bits per heavy atom. The van der Waals surface area contributed by atoms with Gasteiger partial charge in [0, 0.05) is 19.1 Å². The van der Waals surface area contributed by atoms with Crippen molar-refractivity contribution in [2.75, 3.05) is 26.7 Å². The summed E-state index contributed by atoms with van der Waals surface area (Å²) in [4.78, 5) is 14.3. The van der Waals surface area contributed by atoms with Crippen LogP contribution in [-0.4, -0.2) is 43.6 Å². The van der Waals surface area contributed by atoms with E-state index in [9.17, 15) is 4.79 Å². The molecule has 1 amide bonds. The summed E-state index contributed by atoms with van der Waals surface area (Å²) in [6.07, 6.45) is 3.25. The molecule has 1 fully saturated rings. The molecule has 1 N–H and O–H groups in total. The number of benzene rings is 1. The van der Waals surface area contributed by atoms with Crippen LogP contribution in [0, 0.1) is 0 Å². The van der Waals surface area contributed by atoms with Crippen molar-refractivity contribution in [3.63, 3.8) is 0 Å². The molecule has 1 aromatic rings. The highest BCUT2D eigenvalue weighted by atomic mass is 35.5. The monoisotopic (exact) mass is 340 g/mol. The van der Waals surface area contributed by atoms with Crippen molar-refractivity contribution in [1.82, 2.24) is 10.2 Å². The Bertz CT molecular complexity index is 496. The van der Waals surface area contributed by atoms with Gasteiger partial charge in [0.05, 0.1) is 0 Å². The number of piperidine rings is 1. The van der Waals surface area contributed by atoms with Gasteiger partial charge in [-0.2, -0.15) is 0 Å². The van der Waals surface area contributed by atoms with Crippen LogP contribution in [0.4, 0.5) is 0 Å². The SMILES string of the molecule is CCC(C)c1ccccc1OCC(=O)N1CCCC(NC)C1.Cl. The maximum Gasteiger partial charge on any atom is 0.260 e. The third-order valence-electron chi connectivity index (χ3n) is 4.60. The highest BCUT2D eigenvalue weighted by Gasteiger charge is 2.23. The molecule has 2 atom stereocenters. The lowest BCUT2D eigenvalue weighted by atomic mass is 9.98. The molecule has 2 rings (SSSR count). The molecule has 23 heavy (non-hydrogen) atoms. The molecule has 1 aromatic carbocycles. The van der Waals surface area contributed by atoms with Crippen molar-refractivity contribution in [2.24, 2.45) is 0 Å². The molecule has 1 aliphatic rings. The van der Waals surface area contributed by atoms with E-state index >= 15 is 0 Å². The van der Waals surface area contributed by atoms with E-state index in [4.69, 9.17) is 4.74 Å². The molecular weight excluding hydrogens is 312 g/mol. The number of hydrogen-bond acceptors (Lipinski definition) is 3. The normalized spacial score (nSPS) is 18.9. The van der Waals surface area contributed by atoms with Gasteiger partial charge < -0.3 is 15.0 Å². The summed E-state index contributed by atoms with van der Waals surface area (Å²) in [5.74, 6) is 1.36. The average Bonchev–Trinajstić information content (AvgIpc) is 2.59. The molecule has 4 nitrogen and oxygen atoms in total. The van der Waals surface area contributed by atoms with Crippen LogP contribution in [0.1, 0.15) is 44.6 Å². The fourth-order valence-electron chi connectivity index (χ4n) is 2.91. The first-order valence-corrected chi connectivity index (χ1v) is 8.32. The lowest BCUT2D eigenvalue weighted by molar-refractivity contribution is -0.134. The van der Waals surface area contributed by atoms with Gasteiger partial charge in [-0.15, -0.1) is 12.4 Å². The second kappa shape index (κ2) is 9.78. The van der Waals surface area contributed by atoms with E-state index in [1.54, 1.807) is 0 Å². The molecule has 130 valence electrons. The topological polar surface area (TPSA) is 41.6 Å². The number of hydrogen-bond donors (Lipinski definition) is 1. The number of carbonyl (C=O) groups is 1. The average molecular weight is 341 g/mol. The van der Waals surface area contributed by atoms with Crippen LogP contribution in [0.2, 0.25) is 0 Å². The molecule has 2 unspecified atom stereocenters. The van der Waals surface area contributed by atoms with E-state index in [1.807, 2.05) is 30.1 Å². The van der Waals surface area contributed by atoms with Crippen molar-refractivity contribution in [3.8, 4) is 5.75 Å². The molecule has 0 radical (unpaired) electrons. The van der Waals surface area contributed by atoms with Crippen LogP contribution >= 0.6 is 12.4 Å². The molecule has 1 aliphatic heterocycles. The predicted molar refractivity (Wildman–Crippen MR) is 96.6 cm³/mol. The van der Waals surface area contributed by atoms with Gasteiger partial charge in [-0.05, 0) is 43.9 Å². The molecular formula is C18H29ClN2O2. The quantitative estimate of drug-likeness (QED) is 0.864. The number of nitrogens with zero attached hydrogens (tertiary/aromatic N) is 1. The number of likely N-dealkylation sites (N-methyl/N-ethyl adjacent to an activating group) is 1. The van der Waals surface area contributed by atoms with Crippen molar-refractivity contribution in [2.45, 2.75) is 45.1 Å². The van der Waals surface area contributed by atoms with Crippen LogP contribution in [0.5, 0.6) is 5.75 Å². The number of halogens is 1. The Labute approximate surface area is 146 Å². The van der Waals surface area contributed by atoms with Gasteiger partial charge in [-0.3, -0.25) is 4.79 Å². The fraction of sp³-hybridized carbons (Fsp3) is 0.611. The minimum atomic E-state index is 0. The van der Waals surface area contributed by atoms with Gasteiger partial charge >= 0.3 is 0 Å². The molecule has 0 aromatic heterocycles. The van der Waals surface area contributed by atoms with Crippen LogP contribution in [-0.2, 0) is 4.79 Å². The summed E-state index contributed by atoms with van der Waals surface area (Å²) < 4.78 is 5.83. The Balaban J connectivity index is 0.00000264. The third-order valence-corrected chi connectivity index (χ3v) is 4.60. The molecule has 1 saturated heterocycles. The maximum absolute atomic E-state index is 12.4. The molecule has 0 saturated carbocycles. The standard InChI is InChI=1S/C18H28N2O2.ClH/c1-4-14(2)16-9-5-6-10-17(16)22-13-18(21)20-11-7-8-15(12-20)19-3;/h5-6,9-10,14-15,19H,4,7-8,11-13H2,1-3H3;1H. The van der Waals surface area contributed by atoms with Gasteiger partial charge in [0.25, 0.3) is 5.91 Å². The molecule has 1 heterocycles. The van der Waals surface area contributed by atoms with E-state index in [0.29, 0.717) is 12.0 Å². The van der Waals surface area contributed by atoms with Gasteiger partial charge in [0.2, 0.25) is 0 Å². The zero-order chi connectivity index (χ0) is 15.9. The van der Waals surface area contributed by atoms with E-state index < -0.39 is 0 Å². The smallest absolute Gasteiger partial charge is 0.260 e. The molecule has 5 heteroatoms. The van der Waals surface area contributed by atoms with Crippen molar-refractivity contribution in [3.05, 3.63) is 29.8 Å². The predicted octanol–water partition coefficient (Wildman–Crippen LogP) is 3.21. The number of para-hydroxylation sites is 1. The number of ether oxygens (including phenoxy) is 1. The van der Waals surface area contributed by atoms with Crippen LogP contribution < -0.4 is 10.1 Å². The minimum Gasteiger partial charge on any atom is -0.483 e. The zero-order valence-corrected chi connectivity index (χ0v) is 15.2. The fourth-order valence-corrected chi connectivity index (χ4v) is 2.91. The van der Waals surface area contributed by atoms with Gasteiger partial charge in [-0.1, -0.05) is 32.0 Å². The number of amides is 1.